The monoisotopic (exact) mass is 353 g/mol. The fourth-order valence-corrected chi connectivity index (χ4v) is 3.36. The highest BCUT2D eigenvalue weighted by Crippen LogP contribution is 2.42. The molecule has 2 heterocycles. The van der Waals surface area contributed by atoms with Crippen molar-refractivity contribution in [3.63, 3.8) is 0 Å². The van der Waals surface area contributed by atoms with E-state index in [1.54, 1.807) is 11.1 Å². The molecule has 0 bridgehead atoms. The van der Waals surface area contributed by atoms with Gasteiger partial charge in [0.15, 0.2) is 0 Å². The number of amidine groups is 1. The van der Waals surface area contributed by atoms with Gasteiger partial charge in [-0.3, -0.25) is 9.80 Å². The third-order valence-electron chi connectivity index (χ3n) is 4.72. The number of benzene rings is 2. The number of carbonyl (C=O) groups excluding carboxylic acids is 1. The predicted octanol–water partition coefficient (Wildman–Crippen LogP) is 3.28. The summed E-state index contributed by atoms with van der Waals surface area (Å²) in [5.74, 6) is 0.405. The van der Waals surface area contributed by atoms with Crippen molar-refractivity contribution in [2.45, 2.75) is 25.8 Å². The molecule has 1 amide bonds. The highest BCUT2D eigenvalue weighted by Gasteiger charge is 2.43. The number of fused-ring (bicyclic) bond motifs is 3. The van der Waals surface area contributed by atoms with Gasteiger partial charge in [0, 0.05) is 12.0 Å². The molecule has 0 spiro atoms. The molecule has 1 unspecified atom stereocenters. The first-order valence-corrected chi connectivity index (χ1v) is 8.70. The van der Waals surface area contributed by atoms with E-state index in [9.17, 15) is 9.18 Å². The first-order chi connectivity index (χ1) is 12.5. The Balaban J connectivity index is 1.76. The second kappa shape index (κ2) is 6.44. The van der Waals surface area contributed by atoms with Crippen molar-refractivity contribution in [3.8, 4) is 5.75 Å². The highest BCUT2D eigenvalue weighted by atomic mass is 19.1. The van der Waals surface area contributed by atoms with Gasteiger partial charge in [-0.1, -0.05) is 44.2 Å². The quantitative estimate of drug-likeness (QED) is 0.901. The normalized spacial score (nSPS) is 20.9. The Kier molecular flexibility index (Phi) is 4.11. The Morgan fingerprint density at radius 1 is 1.27 bits per heavy atom. The van der Waals surface area contributed by atoms with Gasteiger partial charge in [-0.05, 0) is 17.7 Å². The van der Waals surface area contributed by atoms with E-state index in [4.69, 9.17) is 4.74 Å². The summed E-state index contributed by atoms with van der Waals surface area (Å²) < 4.78 is 19.6. The summed E-state index contributed by atoms with van der Waals surface area (Å²) in [6.45, 7) is 4.08. The zero-order chi connectivity index (χ0) is 18.3. The number of nitrogens with one attached hydrogen (secondary N) is 1. The van der Waals surface area contributed by atoms with Gasteiger partial charge in [0.25, 0.3) is 0 Å². The number of amides is 1. The van der Waals surface area contributed by atoms with E-state index in [1.165, 1.54) is 12.1 Å². The lowest BCUT2D eigenvalue weighted by Gasteiger charge is -2.33. The van der Waals surface area contributed by atoms with E-state index >= 15 is 0 Å². The van der Waals surface area contributed by atoms with Gasteiger partial charge in [0.2, 0.25) is 5.91 Å². The molecule has 0 saturated carbocycles. The predicted molar refractivity (Wildman–Crippen MR) is 97.8 cm³/mol. The Labute approximate surface area is 151 Å². The van der Waals surface area contributed by atoms with Crippen molar-refractivity contribution < 1.29 is 13.9 Å². The number of hydrogen-bond acceptors (Lipinski definition) is 4. The molecule has 0 aliphatic carbocycles. The van der Waals surface area contributed by atoms with E-state index in [1.807, 2.05) is 44.2 Å². The molecule has 0 fully saturated rings. The molecule has 26 heavy (non-hydrogen) atoms. The minimum atomic E-state index is -0.348. The Morgan fingerprint density at radius 3 is 2.77 bits per heavy atom. The second-order valence-corrected chi connectivity index (χ2v) is 6.85. The van der Waals surface area contributed by atoms with Crippen molar-refractivity contribution in [3.05, 3.63) is 59.9 Å². The number of rotatable bonds is 2. The van der Waals surface area contributed by atoms with Crippen LogP contribution in [0.1, 0.15) is 25.3 Å². The van der Waals surface area contributed by atoms with E-state index in [-0.39, 0.29) is 29.6 Å². The van der Waals surface area contributed by atoms with Gasteiger partial charge in [-0.25, -0.2) is 4.39 Å². The van der Waals surface area contributed by atoms with E-state index in [0.29, 0.717) is 23.9 Å². The van der Waals surface area contributed by atoms with E-state index in [0.717, 1.165) is 5.56 Å². The fourth-order valence-electron chi connectivity index (χ4n) is 3.36. The molecule has 5 nitrogen and oxygen atoms in total. The Morgan fingerprint density at radius 2 is 2.04 bits per heavy atom. The lowest BCUT2D eigenvalue weighted by Crippen LogP contribution is -2.43. The highest BCUT2D eigenvalue weighted by molar-refractivity contribution is 6.04. The standard InChI is InChI=1S/C20H20FN3O2/c1-12(2)20(25)22-19-18(13-6-4-3-5-7-13)16-11-26-17-9-8-14(21)10-15(17)24(16)23-19/h3-10,12,16,18H,11H2,1-2H3,(H,22,23,25)/t16?,18-/m1/s1. The average Bonchev–Trinajstić information content (AvgIpc) is 3.00. The molecule has 2 aromatic carbocycles. The van der Waals surface area contributed by atoms with Crippen LogP contribution in [0, 0.1) is 11.7 Å². The summed E-state index contributed by atoms with van der Waals surface area (Å²) in [4.78, 5) is 12.3. The molecule has 2 aromatic rings. The van der Waals surface area contributed by atoms with Crippen molar-refractivity contribution in [2.24, 2.45) is 11.0 Å². The van der Waals surface area contributed by atoms with Crippen LogP contribution < -0.4 is 15.1 Å². The van der Waals surface area contributed by atoms with Crippen LogP contribution in [0.5, 0.6) is 5.75 Å². The summed E-state index contributed by atoms with van der Waals surface area (Å²) in [6, 6.07) is 14.1. The molecule has 134 valence electrons. The third-order valence-corrected chi connectivity index (χ3v) is 4.72. The van der Waals surface area contributed by atoms with E-state index < -0.39 is 0 Å². The molecule has 0 aromatic heterocycles. The molecular formula is C20H20FN3O2. The van der Waals surface area contributed by atoms with Crippen LogP contribution in [0.2, 0.25) is 0 Å². The number of nitrogens with zero attached hydrogens (tertiary/aromatic N) is 2. The van der Waals surface area contributed by atoms with Gasteiger partial charge in [-0.15, -0.1) is 0 Å². The number of hydrazone groups is 1. The van der Waals surface area contributed by atoms with Crippen molar-refractivity contribution in [1.29, 1.82) is 0 Å². The molecule has 0 radical (unpaired) electrons. The molecule has 1 N–H and O–H groups in total. The van der Waals surface area contributed by atoms with Crippen LogP contribution in [0.25, 0.3) is 0 Å². The molecule has 0 saturated heterocycles. The lowest BCUT2D eigenvalue weighted by atomic mass is 9.90. The molecule has 4 rings (SSSR count). The van der Waals surface area contributed by atoms with Gasteiger partial charge in [0.1, 0.15) is 35.7 Å². The van der Waals surface area contributed by atoms with Crippen LogP contribution in [0.15, 0.2) is 53.6 Å². The van der Waals surface area contributed by atoms with Crippen molar-refractivity contribution in [1.82, 2.24) is 5.32 Å². The molecule has 2 aliphatic rings. The maximum Gasteiger partial charge on any atom is 0.227 e. The minimum Gasteiger partial charge on any atom is -0.489 e. The number of halogens is 1. The molecule has 6 heteroatoms. The first-order valence-electron chi connectivity index (χ1n) is 8.70. The largest absolute Gasteiger partial charge is 0.489 e. The lowest BCUT2D eigenvalue weighted by molar-refractivity contribution is -0.122. The molecular weight excluding hydrogens is 333 g/mol. The first kappa shape index (κ1) is 16.6. The SMILES string of the molecule is CC(C)C(=O)NC1=NN2c3cc(F)ccc3OCC2[C@H]1c1ccccc1. The summed E-state index contributed by atoms with van der Waals surface area (Å²) >= 11 is 0. The number of hydrogen-bond donors (Lipinski definition) is 1. The average molecular weight is 353 g/mol. The summed E-state index contributed by atoms with van der Waals surface area (Å²) in [5, 5.41) is 9.37. The summed E-state index contributed by atoms with van der Waals surface area (Å²) in [6.07, 6.45) is 0. The number of carbonyl (C=O) groups is 1. The van der Waals surface area contributed by atoms with Crippen LogP contribution >= 0.6 is 0 Å². The number of ether oxygens (including phenoxy) is 1. The summed E-state index contributed by atoms with van der Waals surface area (Å²) in [7, 11) is 0. The topological polar surface area (TPSA) is 53.9 Å². The van der Waals surface area contributed by atoms with Crippen LogP contribution in [0.4, 0.5) is 10.1 Å². The Bertz CT molecular complexity index is 867. The summed E-state index contributed by atoms with van der Waals surface area (Å²) in [5.41, 5.74) is 1.61. The Hall–Kier alpha value is -2.89. The van der Waals surface area contributed by atoms with Crippen molar-refractivity contribution >= 4 is 17.4 Å². The maximum absolute atomic E-state index is 13.8. The minimum absolute atomic E-state index is 0.0927. The second-order valence-electron chi connectivity index (χ2n) is 6.85. The maximum atomic E-state index is 13.8. The zero-order valence-electron chi connectivity index (χ0n) is 14.6. The van der Waals surface area contributed by atoms with Gasteiger partial charge in [0.05, 0.1) is 5.92 Å². The van der Waals surface area contributed by atoms with Crippen LogP contribution in [-0.4, -0.2) is 24.4 Å². The fraction of sp³-hybridized carbons (Fsp3) is 0.300. The van der Waals surface area contributed by atoms with Crippen LogP contribution in [0.3, 0.4) is 0 Å². The van der Waals surface area contributed by atoms with Gasteiger partial charge >= 0.3 is 0 Å². The number of anilines is 1. The molecule has 2 aliphatic heterocycles. The van der Waals surface area contributed by atoms with Gasteiger partial charge in [-0.2, -0.15) is 5.10 Å². The molecule has 2 atom stereocenters. The van der Waals surface area contributed by atoms with E-state index in [2.05, 4.69) is 10.4 Å². The third kappa shape index (κ3) is 2.81. The zero-order valence-corrected chi connectivity index (χ0v) is 14.6. The smallest absolute Gasteiger partial charge is 0.227 e. The van der Waals surface area contributed by atoms with Crippen molar-refractivity contribution in [2.75, 3.05) is 11.6 Å². The van der Waals surface area contributed by atoms with Crippen LogP contribution in [-0.2, 0) is 4.79 Å². The van der Waals surface area contributed by atoms with Gasteiger partial charge < -0.3 is 10.1 Å².